The lowest BCUT2D eigenvalue weighted by molar-refractivity contribution is 0.309. The fourth-order valence-electron chi connectivity index (χ4n) is 4.30. The lowest BCUT2D eigenvalue weighted by Gasteiger charge is -2.26. The molecule has 4 nitrogen and oxygen atoms in total. The molecule has 0 radical (unpaired) electrons. The van der Waals surface area contributed by atoms with Gasteiger partial charge in [-0.2, -0.15) is 0 Å². The number of ether oxygens (including phenoxy) is 1. The first-order valence-electron chi connectivity index (χ1n) is 9.33. The van der Waals surface area contributed by atoms with E-state index < -0.39 is 0 Å². The highest BCUT2D eigenvalue weighted by atomic mass is 16.5. The normalized spacial score (nSPS) is 19.9. The summed E-state index contributed by atoms with van der Waals surface area (Å²) in [5.74, 6) is 2.03. The second kappa shape index (κ2) is 7.91. The quantitative estimate of drug-likeness (QED) is 0.510. The molecule has 132 valence electrons. The van der Waals surface area contributed by atoms with Crippen molar-refractivity contribution in [2.45, 2.75) is 44.9 Å². The molecule has 0 unspecified atom stereocenters. The molecular weight excluding hydrogens is 298 g/mol. The molecule has 1 aliphatic heterocycles. The van der Waals surface area contributed by atoms with Crippen molar-refractivity contribution in [1.29, 1.82) is 0 Å². The molecule has 1 aromatic carbocycles. The SMILES string of the molecule is CN=C(NCCCc1cccc(OC)c1)N1CCC2(CCCC2)C1. The third kappa shape index (κ3) is 4.03. The van der Waals surface area contributed by atoms with Crippen molar-refractivity contribution in [3.05, 3.63) is 29.8 Å². The molecule has 2 aliphatic rings. The van der Waals surface area contributed by atoms with E-state index in [4.69, 9.17) is 4.74 Å². The van der Waals surface area contributed by atoms with E-state index >= 15 is 0 Å². The number of likely N-dealkylation sites (tertiary alicyclic amines) is 1. The Bertz CT molecular complexity index is 564. The first-order chi connectivity index (χ1) is 11.7. The van der Waals surface area contributed by atoms with Gasteiger partial charge in [0.1, 0.15) is 5.75 Å². The number of nitrogens with zero attached hydrogens (tertiary/aromatic N) is 2. The van der Waals surface area contributed by atoms with Crippen molar-refractivity contribution in [2.24, 2.45) is 10.4 Å². The standard InChI is InChI=1S/C20H31N3O/c1-21-19(23-14-12-20(16-23)10-3-4-11-20)22-13-6-8-17-7-5-9-18(15-17)24-2/h5,7,9,15H,3-4,6,8,10-14,16H2,1-2H3,(H,21,22). The summed E-state index contributed by atoms with van der Waals surface area (Å²) in [6.07, 6.45) is 9.17. The van der Waals surface area contributed by atoms with Crippen LogP contribution in [0, 0.1) is 5.41 Å². The number of benzene rings is 1. The van der Waals surface area contributed by atoms with Gasteiger partial charge in [0.15, 0.2) is 5.96 Å². The molecule has 1 saturated carbocycles. The van der Waals surface area contributed by atoms with Gasteiger partial charge in [-0.05, 0) is 55.2 Å². The molecule has 4 heteroatoms. The first kappa shape index (κ1) is 17.1. The Balaban J connectivity index is 1.43. The fraction of sp³-hybridized carbons (Fsp3) is 0.650. The molecule has 0 amide bonds. The van der Waals surface area contributed by atoms with Gasteiger partial charge < -0.3 is 15.0 Å². The molecule has 24 heavy (non-hydrogen) atoms. The zero-order valence-corrected chi connectivity index (χ0v) is 15.2. The van der Waals surface area contributed by atoms with Crippen LogP contribution in [-0.4, -0.2) is 44.7 Å². The maximum Gasteiger partial charge on any atom is 0.193 e. The zero-order valence-electron chi connectivity index (χ0n) is 15.2. The van der Waals surface area contributed by atoms with E-state index in [1.807, 2.05) is 13.1 Å². The lowest BCUT2D eigenvalue weighted by Crippen LogP contribution is -2.41. The van der Waals surface area contributed by atoms with Crippen LogP contribution in [0.15, 0.2) is 29.3 Å². The second-order valence-corrected chi connectivity index (χ2v) is 7.31. The number of nitrogens with one attached hydrogen (secondary N) is 1. The molecule has 0 aromatic heterocycles. The van der Waals surface area contributed by atoms with Crippen LogP contribution < -0.4 is 10.1 Å². The molecule has 1 saturated heterocycles. The second-order valence-electron chi connectivity index (χ2n) is 7.31. The van der Waals surface area contributed by atoms with Crippen LogP contribution in [0.4, 0.5) is 0 Å². The van der Waals surface area contributed by atoms with Crippen molar-refractivity contribution < 1.29 is 4.74 Å². The number of hydrogen-bond acceptors (Lipinski definition) is 2. The third-order valence-electron chi connectivity index (χ3n) is 5.67. The summed E-state index contributed by atoms with van der Waals surface area (Å²) in [4.78, 5) is 6.98. The highest BCUT2D eigenvalue weighted by Crippen LogP contribution is 2.45. The number of hydrogen-bond donors (Lipinski definition) is 1. The van der Waals surface area contributed by atoms with Crippen LogP contribution in [0.3, 0.4) is 0 Å². The summed E-state index contributed by atoms with van der Waals surface area (Å²) in [5.41, 5.74) is 1.93. The Labute approximate surface area is 146 Å². The van der Waals surface area contributed by atoms with E-state index in [0.717, 1.165) is 37.6 Å². The predicted molar refractivity (Wildman–Crippen MR) is 99.8 cm³/mol. The zero-order chi connectivity index (χ0) is 16.8. The van der Waals surface area contributed by atoms with E-state index in [2.05, 4.69) is 33.4 Å². The summed E-state index contributed by atoms with van der Waals surface area (Å²) in [6.45, 7) is 3.32. The highest BCUT2D eigenvalue weighted by Gasteiger charge is 2.40. The molecule has 1 aromatic rings. The van der Waals surface area contributed by atoms with E-state index in [0.29, 0.717) is 5.41 Å². The van der Waals surface area contributed by atoms with Crippen LogP contribution in [0.5, 0.6) is 5.75 Å². The predicted octanol–water partition coefficient (Wildman–Crippen LogP) is 3.47. The average molecular weight is 329 g/mol. The highest BCUT2D eigenvalue weighted by molar-refractivity contribution is 5.80. The summed E-state index contributed by atoms with van der Waals surface area (Å²) < 4.78 is 5.29. The molecule has 1 heterocycles. The van der Waals surface area contributed by atoms with Crippen LogP contribution in [0.2, 0.25) is 0 Å². The van der Waals surface area contributed by atoms with Crippen LogP contribution in [0.1, 0.15) is 44.1 Å². The smallest absolute Gasteiger partial charge is 0.193 e. The Morgan fingerprint density at radius 2 is 2.12 bits per heavy atom. The Morgan fingerprint density at radius 1 is 1.29 bits per heavy atom. The largest absolute Gasteiger partial charge is 0.497 e. The molecule has 3 rings (SSSR count). The van der Waals surface area contributed by atoms with E-state index in [1.165, 1.54) is 44.2 Å². The summed E-state index contributed by atoms with van der Waals surface area (Å²) in [7, 11) is 3.63. The van der Waals surface area contributed by atoms with Gasteiger partial charge in [0.25, 0.3) is 0 Å². The number of guanidine groups is 1. The first-order valence-corrected chi connectivity index (χ1v) is 9.33. The van der Waals surface area contributed by atoms with E-state index in [9.17, 15) is 0 Å². The van der Waals surface area contributed by atoms with Gasteiger partial charge in [0.05, 0.1) is 7.11 Å². The summed E-state index contributed by atoms with van der Waals surface area (Å²) in [6, 6.07) is 8.35. The number of rotatable bonds is 5. The van der Waals surface area contributed by atoms with E-state index in [-0.39, 0.29) is 0 Å². The Kier molecular flexibility index (Phi) is 5.64. The Morgan fingerprint density at radius 3 is 2.88 bits per heavy atom. The minimum Gasteiger partial charge on any atom is -0.497 e. The minimum absolute atomic E-state index is 0.595. The number of aryl methyl sites for hydroxylation is 1. The van der Waals surface area contributed by atoms with Crippen LogP contribution in [-0.2, 0) is 6.42 Å². The maximum atomic E-state index is 5.29. The van der Waals surface area contributed by atoms with Crippen molar-refractivity contribution in [2.75, 3.05) is 33.8 Å². The summed E-state index contributed by atoms with van der Waals surface area (Å²) >= 11 is 0. The molecule has 1 aliphatic carbocycles. The van der Waals surface area contributed by atoms with Gasteiger partial charge >= 0.3 is 0 Å². The van der Waals surface area contributed by atoms with E-state index in [1.54, 1.807) is 7.11 Å². The molecule has 0 bridgehead atoms. The molecule has 1 spiro atoms. The van der Waals surface area contributed by atoms with Crippen LogP contribution >= 0.6 is 0 Å². The molecule has 2 fully saturated rings. The fourth-order valence-corrected chi connectivity index (χ4v) is 4.30. The van der Waals surface area contributed by atoms with Gasteiger partial charge in [-0.15, -0.1) is 0 Å². The van der Waals surface area contributed by atoms with Gasteiger partial charge in [0.2, 0.25) is 0 Å². The van der Waals surface area contributed by atoms with Gasteiger partial charge in [0, 0.05) is 26.7 Å². The monoisotopic (exact) mass is 329 g/mol. The summed E-state index contributed by atoms with van der Waals surface area (Å²) in [5, 5.41) is 3.56. The third-order valence-corrected chi connectivity index (χ3v) is 5.67. The minimum atomic E-state index is 0.595. The van der Waals surface area contributed by atoms with Crippen LogP contribution in [0.25, 0.3) is 0 Å². The number of methoxy groups -OCH3 is 1. The topological polar surface area (TPSA) is 36.9 Å². The Hall–Kier alpha value is -1.71. The molecule has 0 atom stereocenters. The van der Waals surface area contributed by atoms with Crippen molar-refractivity contribution in [3.8, 4) is 5.75 Å². The van der Waals surface area contributed by atoms with Crippen molar-refractivity contribution >= 4 is 5.96 Å². The van der Waals surface area contributed by atoms with Gasteiger partial charge in [-0.25, -0.2) is 0 Å². The number of aliphatic imine (C=N–C) groups is 1. The molecule has 1 N–H and O–H groups in total. The van der Waals surface area contributed by atoms with Gasteiger partial charge in [-0.3, -0.25) is 4.99 Å². The average Bonchev–Trinajstić information content (AvgIpc) is 3.25. The lowest BCUT2D eigenvalue weighted by atomic mass is 9.86. The molecular formula is C20H31N3O. The maximum absolute atomic E-state index is 5.29. The van der Waals surface area contributed by atoms with Gasteiger partial charge in [-0.1, -0.05) is 25.0 Å². The van der Waals surface area contributed by atoms with Crippen molar-refractivity contribution in [3.63, 3.8) is 0 Å². The van der Waals surface area contributed by atoms with Crippen molar-refractivity contribution in [1.82, 2.24) is 10.2 Å².